The van der Waals surface area contributed by atoms with Gasteiger partial charge in [-0.05, 0) is 39.5 Å². The van der Waals surface area contributed by atoms with E-state index in [-0.39, 0.29) is 0 Å². The summed E-state index contributed by atoms with van der Waals surface area (Å²) in [6.45, 7) is 5.96. The summed E-state index contributed by atoms with van der Waals surface area (Å²) in [5.41, 5.74) is 1.12. The van der Waals surface area contributed by atoms with E-state index in [4.69, 9.17) is 14.2 Å². The molecule has 1 aliphatic heterocycles. The van der Waals surface area contributed by atoms with Crippen LogP contribution in [-0.2, 0) is 6.54 Å². The Hall–Kier alpha value is -1.46. The van der Waals surface area contributed by atoms with Crippen LogP contribution in [0.3, 0.4) is 0 Å². The fraction of sp³-hybridized carbons (Fsp3) is 0.625. The van der Waals surface area contributed by atoms with Crippen molar-refractivity contribution in [1.29, 1.82) is 0 Å². The number of nitrogens with one attached hydrogen (secondary N) is 1. The smallest absolute Gasteiger partial charge is 0.231 e. The second-order valence-electron chi connectivity index (χ2n) is 5.50. The molecule has 5 nitrogen and oxygen atoms in total. The average molecular weight is 294 g/mol. The summed E-state index contributed by atoms with van der Waals surface area (Å²) in [5.74, 6) is 2.47. The second kappa shape index (κ2) is 8.10. The predicted molar refractivity (Wildman–Crippen MR) is 83.2 cm³/mol. The molecule has 0 atom stereocenters. The Morgan fingerprint density at radius 3 is 2.71 bits per heavy atom. The molecule has 1 heterocycles. The largest absolute Gasteiger partial charge is 0.493 e. The van der Waals surface area contributed by atoms with Crippen LogP contribution in [0.4, 0.5) is 0 Å². The van der Waals surface area contributed by atoms with Gasteiger partial charge in [-0.15, -0.1) is 0 Å². The summed E-state index contributed by atoms with van der Waals surface area (Å²) in [5, 5.41) is 3.41. The lowest BCUT2D eigenvalue weighted by atomic mass is 10.1. The lowest BCUT2D eigenvalue weighted by Crippen LogP contribution is -2.17. The number of hydrogen-bond donors (Lipinski definition) is 1. The van der Waals surface area contributed by atoms with E-state index in [0.717, 1.165) is 55.3 Å². The Morgan fingerprint density at radius 2 is 2.00 bits per heavy atom. The van der Waals surface area contributed by atoms with E-state index in [1.54, 1.807) is 0 Å². The maximum atomic E-state index is 5.94. The molecule has 0 amide bonds. The number of benzene rings is 1. The molecule has 21 heavy (non-hydrogen) atoms. The zero-order valence-electron chi connectivity index (χ0n) is 13.3. The first kappa shape index (κ1) is 15.9. The average Bonchev–Trinajstić information content (AvgIpc) is 2.90. The van der Waals surface area contributed by atoms with Crippen LogP contribution in [0.2, 0.25) is 0 Å². The van der Waals surface area contributed by atoms with Crippen molar-refractivity contribution in [2.75, 3.05) is 40.6 Å². The highest BCUT2D eigenvalue weighted by Crippen LogP contribution is 2.38. The molecule has 0 fully saturated rings. The first-order valence-corrected chi connectivity index (χ1v) is 7.61. The van der Waals surface area contributed by atoms with Crippen molar-refractivity contribution in [3.8, 4) is 17.2 Å². The van der Waals surface area contributed by atoms with Gasteiger partial charge in [0.05, 0.1) is 6.61 Å². The summed E-state index contributed by atoms with van der Waals surface area (Å²) in [4.78, 5) is 2.16. The lowest BCUT2D eigenvalue weighted by Gasteiger charge is -2.14. The quantitative estimate of drug-likeness (QED) is 0.708. The van der Waals surface area contributed by atoms with Crippen LogP contribution in [0.15, 0.2) is 12.1 Å². The normalized spacial score (nSPS) is 13.0. The van der Waals surface area contributed by atoms with Crippen molar-refractivity contribution < 1.29 is 14.2 Å². The highest BCUT2D eigenvalue weighted by molar-refractivity contribution is 5.51. The van der Waals surface area contributed by atoms with Gasteiger partial charge in [-0.1, -0.05) is 6.92 Å². The summed E-state index contributed by atoms with van der Waals surface area (Å²) in [6.07, 6.45) is 2.12. The van der Waals surface area contributed by atoms with Gasteiger partial charge in [0.1, 0.15) is 5.75 Å². The molecule has 1 N–H and O–H groups in total. The van der Waals surface area contributed by atoms with E-state index in [0.29, 0.717) is 13.4 Å². The van der Waals surface area contributed by atoms with Gasteiger partial charge >= 0.3 is 0 Å². The van der Waals surface area contributed by atoms with Crippen LogP contribution in [-0.4, -0.2) is 45.5 Å². The van der Waals surface area contributed by atoms with E-state index >= 15 is 0 Å². The van der Waals surface area contributed by atoms with Crippen LogP contribution >= 0.6 is 0 Å². The molecule has 0 radical (unpaired) electrons. The molecular formula is C16H26N2O3. The zero-order chi connectivity index (χ0) is 15.1. The minimum absolute atomic E-state index is 0.293. The Balaban J connectivity index is 1.98. The van der Waals surface area contributed by atoms with Crippen molar-refractivity contribution in [1.82, 2.24) is 10.2 Å². The number of rotatable bonds is 9. The Morgan fingerprint density at radius 1 is 1.24 bits per heavy atom. The maximum Gasteiger partial charge on any atom is 0.231 e. The molecule has 0 aromatic heterocycles. The van der Waals surface area contributed by atoms with Crippen LogP contribution in [0.25, 0.3) is 0 Å². The molecule has 0 unspecified atom stereocenters. The molecule has 1 aromatic rings. The molecule has 0 saturated heterocycles. The van der Waals surface area contributed by atoms with E-state index in [2.05, 4.69) is 31.2 Å². The third kappa shape index (κ3) is 4.79. The molecule has 0 saturated carbocycles. The molecule has 1 aliphatic rings. The van der Waals surface area contributed by atoms with Gasteiger partial charge in [-0.3, -0.25) is 0 Å². The van der Waals surface area contributed by atoms with Gasteiger partial charge in [-0.25, -0.2) is 0 Å². The Labute approximate surface area is 127 Å². The van der Waals surface area contributed by atoms with Crippen LogP contribution in [0, 0.1) is 0 Å². The zero-order valence-corrected chi connectivity index (χ0v) is 13.3. The van der Waals surface area contributed by atoms with Gasteiger partial charge in [0.15, 0.2) is 11.5 Å². The minimum Gasteiger partial charge on any atom is -0.493 e. The summed E-state index contributed by atoms with van der Waals surface area (Å²) >= 11 is 0. The topological polar surface area (TPSA) is 43.0 Å². The molecule has 5 heteroatoms. The van der Waals surface area contributed by atoms with E-state index < -0.39 is 0 Å². The molecule has 2 rings (SSSR count). The Kier molecular flexibility index (Phi) is 6.14. The second-order valence-corrected chi connectivity index (χ2v) is 5.50. The third-order valence-corrected chi connectivity index (χ3v) is 3.31. The maximum absolute atomic E-state index is 5.94. The van der Waals surface area contributed by atoms with Crippen LogP contribution < -0.4 is 19.5 Å². The first-order chi connectivity index (χ1) is 10.2. The molecule has 118 valence electrons. The number of ether oxygens (including phenoxy) is 3. The molecule has 1 aromatic carbocycles. The van der Waals surface area contributed by atoms with Gasteiger partial charge in [0, 0.05) is 24.7 Å². The highest BCUT2D eigenvalue weighted by Gasteiger charge is 2.17. The van der Waals surface area contributed by atoms with E-state index in [1.807, 2.05) is 12.1 Å². The fourth-order valence-corrected chi connectivity index (χ4v) is 2.20. The van der Waals surface area contributed by atoms with Crippen molar-refractivity contribution >= 4 is 0 Å². The first-order valence-electron chi connectivity index (χ1n) is 7.61. The monoisotopic (exact) mass is 294 g/mol. The van der Waals surface area contributed by atoms with Crippen LogP contribution in [0.1, 0.15) is 25.3 Å². The SMILES string of the molecule is CCCNCc1cc2c(cc1OCCCN(C)C)OCO2. The van der Waals surface area contributed by atoms with Gasteiger partial charge in [-0.2, -0.15) is 0 Å². The van der Waals surface area contributed by atoms with Gasteiger partial charge in [0.25, 0.3) is 0 Å². The predicted octanol–water partition coefficient (Wildman–Crippen LogP) is 2.25. The van der Waals surface area contributed by atoms with Crippen molar-refractivity contribution in [3.05, 3.63) is 17.7 Å². The summed E-state index contributed by atoms with van der Waals surface area (Å²) in [6, 6.07) is 3.97. The van der Waals surface area contributed by atoms with Crippen molar-refractivity contribution in [3.63, 3.8) is 0 Å². The fourth-order valence-electron chi connectivity index (χ4n) is 2.20. The van der Waals surface area contributed by atoms with Gasteiger partial charge < -0.3 is 24.4 Å². The summed E-state index contributed by atoms with van der Waals surface area (Å²) in [7, 11) is 4.14. The minimum atomic E-state index is 0.293. The van der Waals surface area contributed by atoms with Crippen LogP contribution in [0.5, 0.6) is 17.2 Å². The molecule has 0 aliphatic carbocycles. The van der Waals surface area contributed by atoms with E-state index in [1.165, 1.54) is 0 Å². The lowest BCUT2D eigenvalue weighted by molar-refractivity contribution is 0.173. The molecule has 0 bridgehead atoms. The summed E-state index contributed by atoms with van der Waals surface area (Å²) < 4.78 is 16.8. The molecule has 0 spiro atoms. The van der Waals surface area contributed by atoms with E-state index in [9.17, 15) is 0 Å². The highest BCUT2D eigenvalue weighted by atomic mass is 16.7. The van der Waals surface area contributed by atoms with Crippen molar-refractivity contribution in [2.24, 2.45) is 0 Å². The number of fused-ring (bicyclic) bond motifs is 1. The number of nitrogens with zero attached hydrogens (tertiary/aromatic N) is 1. The molecular weight excluding hydrogens is 268 g/mol. The standard InChI is InChI=1S/C16H26N2O3/c1-4-6-17-11-13-9-15-16(21-12-20-15)10-14(13)19-8-5-7-18(2)3/h9-10,17H,4-8,11-12H2,1-3H3. The van der Waals surface area contributed by atoms with Crippen molar-refractivity contribution in [2.45, 2.75) is 26.3 Å². The Bertz CT molecular complexity index is 449. The third-order valence-electron chi connectivity index (χ3n) is 3.31. The van der Waals surface area contributed by atoms with Gasteiger partial charge in [0.2, 0.25) is 6.79 Å². The number of hydrogen-bond acceptors (Lipinski definition) is 5.